The molecule has 0 spiro atoms. The Bertz CT molecular complexity index is 853. The standard InChI is InChI=1S/C20H22N2O3S/c1-3-22-11-10-15-16(12-22)26-19(18(15)20(24)25)21-17(23)9-8-14-6-4-13(2)5-7-14/h4-9H,3,10-12H2,1-2H3,(H,21,23)(H,24,25)/b9-8+. The smallest absolute Gasteiger partial charge is 0.339 e. The van der Waals surface area contributed by atoms with Crippen LogP contribution in [0.3, 0.4) is 0 Å². The normalized spacial score (nSPS) is 14.4. The van der Waals surface area contributed by atoms with Crippen molar-refractivity contribution in [2.24, 2.45) is 0 Å². The van der Waals surface area contributed by atoms with Gasteiger partial charge in [0.25, 0.3) is 0 Å². The van der Waals surface area contributed by atoms with Crippen LogP contribution in [0.15, 0.2) is 30.3 Å². The van der Waals surface area contributed by atoms with Gasteiger partial charge in [0, 0.05) is 24.0 Å². The number of carboxylic acids is 1. The maximum absolute atomic E-state index is 12.3. The lowest BCUT2D eigenvalue weighted by molar-refractivity contribution is -0.111. The molecule has 1 aliphatic rings. The molecule has 6 heteroatoms. The fraction of sp³-hybridized carbons (Fsp3) is 0.300. The van der Waals surface area contributed by atoms with Crippen molar-refractivity contribution in [2.45, 2.75) is 26.8 Å². The average Bonchev–Trinajstić information content (AvgIpc) is 2.98. The highest BCUT2D eigenvalue weighted by Gasteiger charge is 2.27. The molecule has 1 aromatic heterocycles. The highest BCUT2D eigenvalue weighted by molar-refractivity contribution is 7.17. The molecule has 0 saturated heterocycles. The molecule has 1 aromatic carbocycles. The lowest BCUT2D eigenvalue weighted by Gasteiger charge is -2.25. The molecule has 3 rings (SSSR count). The lowest BCUT2D eigenvalue weighted by atomic mass is 10.0. The van der Waals surface area contributed by atoms with Crippen LogP contribution in [0.2, 0.25) is 0 Å². The predicted octanol–water partition coefficient (Wildman–Crippen LogP) is 3.78. The van der Waals surface area contributed by atoms with Gasteiger partial charge in [-0.15, -0.1) is 11.3 Å². The van der Waals surface area contributed by atoms with Crippen LogP contribution in [-0.4, -0.2) is 35.0 Å². The number of aromatic carboxylic acids is 1. The summed E-state index contributed by atoms with van der Waals surface area (Å²) in [6.45, 7) is 6.62. The number of amides is 1. The number of hydrogen-bond donors (Lipinski definition) is 2. The summed E-state index contributed by atoms with van der Waals surface area (Å²) in [5.74, 6) is -1.30. The highest BCUT2D eigenvalue weighted by atomic mass is 32.1. The van der Waals surface area contributed by atoms with E-state index in [4.69, 9.17) is 0 Å². The number of carboxylic acid groups (broad SMARTS) is 1. The number of fused-ring (bicyclic) bond motifs is 1. The topological polar surface area (TPSA) is 69.6 Å². The second-order valence-electron chi connectivity index (χ2n) is 6.37. The van der Waals surface area contributed by atoms with Crippen LogP contribution in [-0.2, 0) is 17.8 Å². The second-order valence-corrected chi connectivity index (χ2v) is 7.47. The van der Waals surface area contributed by atoms with Gasteiger partial charge in [-0.25, -0.2) is 4.79 Å². The zero-order chi connectivity index (χ0) is 18.7. The number of rotatable bonds is 5. The van der Waals surface area contributed by atoms with E-state index in [0.29, 0.717) is 11.4 Å². The van der Waals surface area contributed by atoms with Crippen molar-refractivity contribution in [3.05, 3.63) is 57.5 Å². The molecule has 0 aliphatic carbocycles. The molecule has 136 valence electrons. The first-order valence-electron chi connectivity index (χ1n) is 8.64. The SMILES string of the molecule is CCN1CCc2c(sc(NC(=O)/C=C/c3ccc(C)cc3)c2C(=O)O)C1. The van der Waals surface area contributed by atoms with E-state index in [1.165, 1.54) is 17.4 Å². The van der Waals surface area contributed by atoms with Gasteiger partial charge in [0.15, 0.2) is 0 Å². The number of benzene rings is 1. The molecule has 1 amide bonds. The fourth-order valence-corrected chi connectivity index (χ4v) is 4.33. The minimum absolute atomic E-state index is 0.248. The van der Waals surface area contributed by atoms with E-state index in [1.807, 2.05) is 31.2 Å². The van der Waals surface area contributed by atoms with Gasteiger partial charge in [-0.3, -0.25) is 9.69 Å². The minimum atomic E-state index is -0.981. The van der Waals surface area contributed by atoms with E-state index in [0.717, 1.165) is 41.2 Å². The Hall–Kier alpha value is -2.44. The Labute approximate surface area is 157 Å². The van der Waals surface area contributed by atoms with E-state index >= 15 is 0 Å². The summed E-state index contributed by atoms with van der Waals surface area (Å²) in [5.41, 5.74) is 3.19. The first kappa shape index (κ1) is 18.4. The Morgan fingerprint density at radius 3 is 2.69 bits per heavy atom. The summed E-state index contributed by atoms with van der Waals surface area (Å²) in [6, 6.07) is 7.83. The predicted molar refractivity (Wildman–Crippen MR) is 105 cm³/mol. The molecule has 0 saturated carbocycles. The van der Waals surface area contributed by atoms with E-state index < -0.39 is 5.97 Å². The third kappa shape index (κ3) is 4.03. The number of hydrogen-bond acceptors (Lipinski definition) is 4. The lowest BCUT2D eigenvalue weighted by Crippen LogP contribution is -2.29. The van der Waals surface area contributed by atoms with Gasteiger partial charge in [-0.2, -0.15) is 0 Å². The molecule has 0 unspecified atom stereocenters. The highest BCUT2D eigenvalue weighted by Crippen LogP contribution is 2.37. The number of nitrogens with one attached hydrogen (secondary N) is 1. The van der Waals surface area contributed by atoms with Gasteiger partial charge >= 0.3 is 5.97 Å². The van der Waals surface area contributed by atoms with Crippen molar-refractivity contribution in [1.29, 1.82) is 0 Å². The third-order valence-electron chi connectivity index (χ3n) is 4.54. The van der Waals surface area contributed by atoms with Crippen LogP contribution in [0.5, 0.6) is 0 Å². The Morgan fingerprint density at radius 1 is 1.31 bits per heavy atom. The number of likely N-dealkylation sites (N-methyl/N-ethyl adjacent to an activating group) is 1. The Morgan fingerprint density at radius 2 is 2.04 bits per heavy atom. The second kappa shape index (κ2) is 7.85. The Balaban J connectivity index is 1.78. The number of thiophene rings is 1. The van der Waals surface area contributed by atoms with Crippen LogP contribution in [0.4, 0.5) is 5.00 Å². The Kier molecular flexibility index (Phi) is 5.54. The van der Waals surface area contributed by atoms with Gasteiger partial charge in [-0.1, -0.05) is 36.8 Å². The molecule has 0 radical (unpaired) electrons. The zero-order valence-electron chi connectivity index (χ0n) is 14.9. The number of carbonyl (C=O) groups excluding carboxylic acids is 1. The molecule has 0 atom stereocenters. The van der Waals surface area contributed by atoms with Crippen LogP contribution in [0.25, 0.3) is 6.08 Å². The molecule has 2 aromatic rings. The summed E-state index contributed by atoms with van der Waals surface area (Å²) in [7, 11) is 0. The molecule has 5 nitrogen and oxygen atoms in total. The van der Waals surface area contributed by atoms with Crippen molar-refractivity contribution in [2.75, 3.05) is 18.4 Å². The molecule has 0 bridgehead atoms. The zero-order valence-corrected chi connectivity index (χ0v) is 15.7. The molecular formula is C20H22N2O3S. The summed E-state index contributed by atoms with van der Waals surface area (Å²) in [4.78, 5) is 27.3. The van der Waals surface area contributed by atoms with Crippen molar-refractivity contribution < 1.29 is 14.7 Å². The number of anilines is 1. The van der Waals surface area contributed by atoms with E-state index in [1.54, 1.807) is 6.08 Å². The average molecular weight is 370 g/mol. The summed E-state index contributed by atoms with van der Waals surface area (Å²) >= 11 is 1.37. The monoisotopic (exact) mass is 370 g/mol. The number of carbonyl (C=O) groups is 2. The maximum atomic E-state index is 12.3. The molecular weight excluding hydrogens is 348 g/mol. The minimum Gasteiger partial charge on any atom is -0.478 e. The largest absolute Gasteiger partial charge is 0.478 e. The van der Waals surface area contributed by atoms with Gasteiger partial charge < -0.3 is 10.4 Å². The van der Waals surface area contributed by atoms with Gasteiger partial charge in [0.1, 0.15) is 5.00 Å². The first-order chi connectivity index (χ1) is 12.5. The van der Waals surface area contributed by atoms with Gasteiger partial charge in [0.05, 0.1) is 5.56 Å². The van der Waals surface area contributed by atoms with E-state index in [-0.39, 0.29) is 11.5 Å². The van der Waals surface area contributed by atoms with Crippen LogP contribution in [0.1, 0.15) is 38.8 Å². The van der Waals surface area contributed by atoms with Gasteiger partial charge in [0.2, 0.25) is 5.91 Å². The van der Waals surface area contributed by atoms with Crippen molar-refractivity contribution in [3.8, 4) is 0 Å². The van der Waals surface area contributed by atoms with Crippen molar-refractivity contribution in [3.63, 3.8) is 0 Å². The summed E-state index contributed by atoms with van der Waals surface area (Å²) in [6.07, 6.45) is 3.87. The summed E-state index contributed by atoms with van der Waals surface area (Å²) < 4.78 is 0. The van der Waals surface area contributed by atoms with Crippen molar-refractivity contribution in [1.82, 2.24) is 4.90 Å². The molecule has 1 aliphatic heterocycles. The van der Waals surface area contributed by atoms with Crippen LogP contribution < -0.4 is 5.32 Å². The first-order valence-corrected chi connectivity index (χ1v) is 9.45. The van der Waals surface area contributed by atoms with E-state index in [9.17, 15) is 14.7 Å². The number of aryl methyl sites for hydroxylation is 1. The molecule has 2 heterocycles. The maximum Gasteiger partial charge on any atom is 0.339 e. The fourth-order valence-electron chi connectivity index (χ4n) is 3.04. The molecule has 0 fully saturated rings. The van der Waals surface area contributed by atoms with Crippen molar-refractivity contribution >= 4 is 34.3 Å². The van der Waals surface area contributed by atoms with Crippen LogP contribution in [0, 0.1) is 6.92 Å². The third-order valence-corrected chi connectivity index (χ3v) is 5.67. The molecule has 2 N–H and O–H groups in total. The number of nitrogens with zero attached hydrogens (tertiary/aromatic N) is 1. The van der Waals surface area contributed by atoms with Crippen LogP contribution >= 0.6 is 11.3 Å². The van der Waals surface area contributed by atoms with E-state index in [2.05, 4.69) is 17.1 Å². The quantitative estimate of drug-likeness (QED) is 0.786. The molecule has 26 heavy (non-hydrogen) atoms. The summed E-state index contributed by atoms with van der Waals surface area (Å²) in [5, 5.41) is 12.8. The van der Waals surface area contributed by atoms with Gasteiger partial charge in [-0.05, 0) is 37.1 Å².